The molecule has 0 saturated heterocycles. The molecule has 168 valence electrons. The minimum atomic E-state index is -0.217. The molecule has 2 aromatic rings. The number of thioether (sulfide) groups is 1. The summed E-state index contributed by atoms with van der Waals surface area (Å²) >= 11 is 1.50. The second-order valence-electron chi connectivity index (χ2n) is 8.09. The van der Waals surface area contributed by atoms with Gasteiger partial charge in [0.1, 0.15) is 0 Å². The Morgan fingerprint density at radius 3 is 2.70 bits per heavy atom. The number of fused-ring (bicyclic) bond motifs is 1. The summed E-state index contributed by atoms with van der Waals surface area (Å²) in [5, 5.41) is 3.07. The van der Waals surface area contributed by atoms with Crippen molar-refractivity contribution < 1.29 is 9.59 Å². The van der Waals surface area contributed by atoms with Gasteiger partial charge >= 0.3 is 0 Å². The van der Waals surface area contributed by atoms with Gasteiger partial charge in [0, 0.05) is 18.7 Å². The van der Waals surface area contributed by atoms with Gasteiger partial charge in [-0.25, -0.2) is 4.99 Å². The van der Waals surface area contributed by atoms with Crippen LogP contribution in [0.3, 0.4) is 0 Å². The summed E-state index contributed by atoms with van der Waals surface area (Å²) in [5.41, 5.74) is 3.56. The third-order valence-corrected chi connectivity index (χ3v) is 6.62. The monoisotopic (exact) mass is 457 g/mol. The Balaban J connectivity index is 1.25. The van der Waals surface area contributed by atoms with Crippen molar-refractivity contribution in [3.05, 3.63) is 100 Å². The van der Waals surface area contributed by atoms with Gasteiger partial charge in [-0.2, -0.15) is 0 Å². The fourth-order valence-corrected chi connectivity index (χ4v) is 4.72. The van der Waals surface area contributed by atoms with E-state index in [2.05, 4.69) is 34.4 Å². The molecule has 0 bridgehead atoms. The number of hydrogen-bond donors (Lipinski definition) is 1. The molecule has 1 aliphatic carbocycles. The van der Waals surface area contributed by atoms with Crippen LogP contribution in [0.15, 0.2) is 88.8 Å². The van der Waals surface area contributed by atoms with E-state index in [1.165, 1.54) is 17.3 Å². The molecule has 1 aliphatic heterocycles. The Morgan fingerprint density at radius 1 is 1.12 bits per heavy atom. The predicted octanol–water partition coefficient (Wildman–Crippen LogP) is 4.49. The lowest BCUT2D eigenvalue weighted by molar-refractivity contribution is -0.113. The van der Waals surface area contributed by atoms with Crippen LogP contribution in [0.1, 0.15) is 27.9 Å². The van der Waals surface area contributed by atoms with Gasteiger partial charge in [0.2, 0.25) is 0 Å². The Morgan fingerprint density at radius 2 is 1.91 bits per heavy atom. The zero-order valence-electron chi connectivity index (χ0n) is 18.6. The van der Waals surface area contributed by atoms with E-state index in [1.54, 1.807) is 12.1 Å². The molecule has 0 fully saturated rings. The summed E-state index contributed by atoms with van der Waals surface area (Å²) in [7, 11) is 2.09. The molecule has 5 nitrogen and oxygen atoms in total. The van der Waals surface area contributed by atoms with Gasteiger partial charge in [-0.3, -0.25) is 9.59 Å². The number of carbonyl (C=O) groups excluding carboxylic acids is 2. The minimum Gasteiger partial charge on any atom is -0.352 e. The van der Waals surface area contributed by atoms with Gasteiger partial charge in [0.25, 0.3) is 11.8 Å². The summed E-state index contributed by atoms with van der Waals surface area (Å²) in [6, 6.07) is 17.7. The second kappa shape index (κ2) is 11.1. The molecule has 2 aliphatic rings. The number of benzene rings is 2. The van der Waals surface area contributed by atoms with Crippen molar-refractivity contribution in [3.8, 4) is 0 Å². The van der Waals surface area contributed by atoms with Crippen LogP contribution in [0.4, 0.5) is 0 Å². The molecule has 0 aromatic heterocycles. The summed E-state index contributed by atoms with van der Waals surface area (Å²) in [6.45, 7) is 2.43. The molecule has 4 rings (SSSR count). The fraction of sp³-hybridized carbons (Fsp3) is 0.222. The molecule has 1 N–H and O–H groups in total. The van der Waals surface area contributed by atoms with Gasteiger partial charge < -0.3 is 10.2 Å². The van der Waals surface area contributed by atoms with E-state index in [4.69, 9.17) is 0 Å². The minimum absolute atomic E-state index is 0.0794. The van der Waals surface area contributed by atoms with E-state index in [9.17, 15) is 9.59 Å². The number of hydrogen-bond acceptors (Lipinski definition) is 4. The maximum atomic E-state index is 12.5. The van der Waals surface area contributed by atoms with E-state index < -0.39 is 0 Å². The summed E-state index contributed by atoms with van der Waals surface area (Å²) in [5.74, 6) is -0.304. The Kier molecular flexibility index (Phi) is 7.70. The summed E-state index contributed by atoms with van der Waals surface area (Å²) < 4.78 is 0. The number of carbonyl (C=O) groups is 2. The Hall–Kier alpha value is -3.22. The van der Waals surface area contributed by atoms with Gasteiger partial charge in [-0.05, 0) is 55.4 Å². The number of nitrogens with one attached hydrogen (secondary N) is 1. The number of nitrogens with zero attached hydrogens (tertiary/aromatic N) is 2. The average Bonchev–Trinajstić information content (AvgIpc) is 2.83. The molecule has 0 radical (unpaired) electrons. The SMILES string of the molecule is CN(CCCNC(=O)c1ccc(/C=C2/SC3C=CC=CC3=NC2=O)cc1)Cc1ccccc1. The van der Waals surface area contributed by atoms with Crippen LogP contribution in [-0.2, 0) is 11.3 Å². The lowest BCUT2D eigenvalue weighted by Crippen LogP contribution is -2.28. The highest BCUT2D eigenvalue weighted by molar-refractivity contribution is 8.05. The van der Waals surface area contributed by atoms with Crippen molar-refractivity contribution >= 4 is 35.4 Å². The van der Waals surface area contributed by atoms with Crippen LogP contribution in [0.5, 0.6) is 0 Å². The van der Waals surface area contributed by atoms with Crippen LogP contribution in [-0.4, -0.2) is 47.8 Å². The maximum Gasteiger partial charge on any atom is 0.283 e. The first-order valence-corrected chi connectivity index (χ1v) is 11.9. The molecule has 1 atom stereocenters. The van der Waals surface area contributed by atoms with Crippen molar-refractivity contribution in [2.24, 2.45) is 4.99 Å². The third-order valence-electron chi connectivity index (χ3n) is 5.42. The number of aliphatic imine (C=N–C) groups is 1. The maximum absolute atomic E-state index is 12.5. The molecule has 33 heavy (non-hydrogen) atoms. The van der Waals surface area contributed by atoms with Gasteiger partial charge in [-0.1, -0.05) is 60.7 Å². The van der Waals surface area contributed by atoms with Crippen LogP contribution in [0.25, 0.3) is 6.08 Å². The van der Waals surface area contributed by atoms with Crippen molar-refractivity contribution in [2.75, 3.05) is 20.1 Å². The molecular weight excluding hydrogens is 430 g/mol. The van der Waals surface area contributed by atoms with Gasteiger partial charge in [0.15, 0.2) is 0 Å². The highest BCUT2D eigenvalue weighted by Gasteiger charge is 2.25. The molecule has 1 heterocycles. The number of allylic oxidation sites excluding steroid dienone is 3. The van der Waals surface area contributed by atoms with Crippen molar-refractivity contribution in [1.29, 1.82) is 0 Å². The van der Waals surface area contributed by atoms with Crippen LogP contribution in [0, 0.1) is 0 Å². The first-order valence-electron chi connectivity index (χ1n) is 11.1. The van der Waals surface area contributed by atoms with E-state index in [0.29, 0.717) is 17.0 Å². The standard InChI is InChI=1S/C27H27N3O2S/c1-30(19-21-8-3-2-4-9-21)17-7-16-28-26(31)22-14-12-20(13-15-22)18-25-27(32)29-23-10-5-6-11-24(23)33-25/h2-6,8-15,18,24H,7,16-17,19H2,1H3,(H,28,31)/b25-18+. The van der Waals surface area contributed by atoms with Gasteiger partial charge in [-0.15, -0.1) is 11.8 Å². The second-order valence-corrected chi connectivity index (χ2v) is 9.27. The van der Waals surface area contributed by atoms with Crippen LogP contribution in [0.2, 0.25) is 0 Å². The zero-order valence-corrected chi connectivity index (χ0v) is 19.4. The van der Waals surface area contributed by atoms with Crippen molar-refractivity contribution in [1.82, 2.24) is 10.2 Å². The zero-order chi connectivity index (χ0) is 23.0. The van der Waals surface area contributed by atoms with Crippen LogP contribution >= 0.6 is 11.8 Å². The van der Waals surface area contributed by atoms with Gasteiger partial charge in [0.05, 0.1) is 15.9 Å². The largest absolute Gasteiger partial charge is 0.352 e. The highest BCUT2D eigenvalue weighted by Crippen LogP contribution is 2.32. The number of amides is 2. The molecular formula is C27H27N3O2S. The Labute approximate surface area is 199 Å². The first-order chi connectivity index (χ1) is 16.1. The number of rotatable bonds is 8. The van der Waals surface area contributed by atoms with Crippen LogP contribution < -0.4 is 5.32 Å². The molecule has 2 aromatic carbocycles. The topological polar surface area (TPSA) is 61.8 Å². The molecule has 6 heteroatoms. The average molecular weight is 458 g/mol. The Bertz CT molecular complexity index is 1120. The normalized spacial score (nSPS) is 18.4. The van der Waals surface area contributed by atoms with E-state index in [0.717, 1.165) is 30.8 Å². The molecule has 2 amide bonds. The predicted molar refractivity (Wildman–Crippen MR) is 136 cm³/mol. The highest BCUT2D eigenvalue weighted by atomic mass is 32.2. The smallest absolute Gasteiger partial charge is 0.283 e. The lowest BCUT2D eigenvalue weighted by atomic mass is 10.1. The van der Waals surface area contributed by atoms with E-state index in [1.807, 2.05) is 60.7 Å². The summed E-state index contributed by atoms with van der Waals surface area (Å²) in [6.07, 6.45) is 10.5. The van der Waals surface area contributed by atoms with Crippen molar-refractivity contribution in [3.63, 3.8) is 0 Å². The van der Waals surface area contributed by atoms with E-state index >= 15 is 0 Å². The lowest BCUT2D eigenvalue weighted by Gasteiger charge is -2.20. The van der Waals surface area contributed by atoms with Crippen molar-refractivity contribution in [2.45, 2.75) is 18.2 Å². The summed E-state index contributed by atoms with van der Waals surface area (Å²) in [4.78, 5) is 31.8. The molecule has 0 spiro atoms. The van der Waals surface area contributed by atoms with E-state index in [-0.39, 0.29) is 17.1 Å². The fourth-order valence-electron chi connectivity index (χ4n) is 3.68. The molecule has 1 unspecified atom stereocenters. The third kappa shape index (κ3) is 6.40. The molecule has 0 saturated carbocycles. The first kappa shape index (κ1) is 23.0. The quantitative estimate of drug-likeness (QED) is 0.469.